The van der Waals surface area contributed by atoms with E-state index in [-0.39, 0.29) is 11.4 Å². The quantitative estimate of drug-likeness (QED) is 0.680. The minimum Gasteiger partial charge on any atom is -0.436 e. The fourth-order valence-corrected chi connectivity index (χ4v) is 1.47. The Balaban J connectivity index is 2.46. The van der Waals surface area contributed by atoms with Crippen LogP contribution in [0.5, 0.6) is 11.6 Å². The minimum absolute atomic E-state index is 0.0287. The molecule has 20 heavy (non-hydrogen) atoms. The van der Waals surface area contributed by atoms with E-state index in [0.717, 1.165) is 12.4 Å². The summed E-state index contributed by atoms with van der Waals surface area (Å²) in [5.41, 5.74) is 4.10. The second-order valence-electron chi connectivity index (χ2n) is 3.93. The van der Waals surface area contributed by atoms with Crippen molar-refractivity contribution in [1.29, 1.82) is 0 Å². The molecular formula is C12H9F4N3O. The second kappa shape index (κ2) is 4.95. The number of rotatable bonds is 2. The Bertz CT molecular complexity index is 643. The Labute approximate surface area is 111 Å². The Hall–Kier alpha value is -2.38. The summed E-state index contributed by atoms with van der Waals surface area (Å²) in [7, 11) is 0. The van der Waals surface area contributed by atoms with Crippen molar-refractivity contribution in [2.24, 2.45) is 0 Å². The van der Waals surface area contributed by atoms with Gasteiger partial charge < -0.3 is 10.5 Å². The molecule has 0 aliphatic carbocycles. The molecule has 1 aromatic carbocycles. The lowest BCUT2D eigenvalue weighted by Gasteiger charge is -2.14. The lowest BCUT2D eigenvalue weighted by Crippen LogP contribution is -2.09. The molecule has 0 saturated carbocycles. The zero-order valence-corrected chi connectivity index (χ0v) is 10.2. The van der Waals surface area contributed by atoms with Gasteiger partial charge in [0.1, 0.15) is 17.6 Å². The molecule has 0 saturated heterocycles. The first kappa shape index (κ1) is 14.0. The fourth-order valence-electron chi connectivity index (χ4n) is 1.47. The maximum Gasteiger partial charge on any atom is 0.420 e. The number of hydrogen-bond donors (Lipinski definition) is 1. The molecule has 0 radical (unpaired) electrons. The highest BCUT2D eigenvalue weighted by molar-refractivity contribution is 5.50. The molecule has 0 spiro atoms. The Morgan fingerprint density at radius 3 is 2.55 bits per heavy atom. The van der Waals surface area contributed by atoms with Crippen LogP contribution in [-0.4, -0.2) is 9.97 Å². The van der Waals surface area contributed by atoms with Gasteiger partial charge in [0.25, 0.3) is 5.88 Å². The van der Waals surface area contributed by atoms with Gasteiger partial charge in [0.05, 0.1) is 5.69 Å². The van der Waals surface area contributed by atoms with Crippen LogP contribution in [0.2, 0.25) is 0 Å². The number of nitrogen functional groups attached to an aromatic ring is 1. The number of alkyl halides is 3. The van der Waals surface area contributed by atoms with Crippen LogP contribution in [0.15, 0.2) is 24.5 Å². The molecule has 4 nitrogen and oxygen atoms in total. The van der Waals surface area contributed by atoms with Gasteiger partial charge in [0.2, 0.25) is 5.82 Å². The number of nitrogens with two attached hydrogens (primary N) is 1. The van der Waals surface area contributed by atoms with E-state index in [9.17, 15) is 17.6 Å². The average Bonchev–Trinajstić information content (AvgIpc) is 2.36. The summed E-state index contributed by atoms with van der Waals surface area (Å²) < 4.78 is 57.1. The molecule has 0 fully saturated rings. The van der Waals surface area contributed by atoms with E-state index in [2.05, 4.69) is 9.97 Å². The average molecular weight is 287 g/mol. The van der Waals surface area contributed by atoms with Crippen LogP contribution >= 0.6 is 0 Å². The number of nitrogens with zero attached hydrogens (tertiary/aromatic N) is 2. The zero-order valence-electron chi connectivity index (χ0n) is 10.2. The van der Waals surface area contributed by atoms with Gasteiger partial charge in [-0.05, 0) is 25.1 Å². The van der Waals surface area contributed by atoms with Crippen molar-refractivity contribution in [3.63, 3.8) is 0 Å². The monoisotopic (exact) mass is 287 g/mol. The second-order valence-corrected chi connectivity index (χ2v) is 3.93. The predicted octanol–water partition coefficient (Wildman–Crippen LogP) is 3.32. The van der Waals surface area contributed by atoms with Crippen molar-refractivity contribution in [3.8, 4) is 11.6 Å². The molecular weight excluding hydrogens is 278 g/mol. The van der Waals surface area contributed by atoms with Crippen molar-refractivity contribution >= 4 is 5.69 Å². The van der Waals surface area contributed by atoms with Crippen LogP contribution in [-0.2, 0) is 6.18 Å². The molecule has 1 aromatic heterocycles. The molecule has 0 unspecified atom stereocenters. The van der Waals surface area contributed by atoms with Crippen LogP contribution in [0, 0.1) is 12.7 Å². The zero-order chi connectivity index (χ0) is 14.9. The highest BCUT2D eigenvalue weighted by Crippen LogP contribution is 2.39. The summed E-state index contributed by atoms with van der Waals surface area (Å²) in [6, 6.07) is 2.94. The number of aryl methyl sites for hydroxylation is 1. The lowest BCUT2D eigenvalue weighted by molar-refractivity contribution is -0.138. The van der Waals surface area contributed by atoms with Crippen molar-refractivity contribution in [2.75, 3.05) is 5.73 Å². The molecule has 2 rings (SSSR count). The number of halogens is 4. The summed E-state index contributed by atoms with van der Waals surface area (Å²) in [6.07, 6.45) is -3.68. The van der Waals surface area contributed by atoms with Crippen molar-refractivity contribution in [2.45, 2.75) is 13.1 Å². The van der Waals surface area contributed by atoms with Gasteiger partial charge >= 0.3 is 6.18 Å². The maximum absolute atomic E-state index is 13.6. The number of ether oxygens (including phenoxy) is 1. The van der Waals surface area contributed by atoms with Crippen molar-refractivity contribution in [3.05, 3.63) is 41.6 Å². The van der Waals surface area contributed by atoms with Gasteiger partial charge in [0, 0.05) is 5.69 Å². The lowest BCUT2D eigenvalue weighted by atomic mass is 10.1. The molecule has 0 aliphatic heterocycles. The van der Waals surface area contributed by atoms with Gasteiger partial charge in [-0.2, -0.15) is 22.5 Å². The Kier molecular flexibility index (Phi) is 3.47. The Morgan fingerprint density at radius 1 is 1.20 bits per heavy atom. The van der Waals surface area contributed by atoms with E-state index < -0.39 is 29.2 Å². The molecule has 1 heterocycles. The molecule has 0 atom stereocenters. The molecule has 2 N–H and O–H groups in total. The standard InChI is InChI=1S/C12H9F4N3O/c1-6-10(13)11(19-5-18-6)20-9-3-2-7(17)4-8(9)12(14,15)16/h2-5H,17H2,1H3. The van der Waals surface area contributed by atoms with Crippen molar-refractivity contribution < 1.29 is 22.3 Å². The van der Waals surface area contributed by atoms with E-state index in [1.165, 1.54) is 13.0 Å². The van der Waals surface area contributed by atoms with Gasteiger partial charge in [-0.1, -0.05) is 0 Å². The summed E-state index contributed by atoms with van der Waals surface area (Å²) in [4.78, 5) is 7.03. The molecule has 106 valence electrons. The van der Waals surface area contributed by atoms with Crippen LogP contribution in [0.4, 0.5) is 23.2 Å². The summed E-state index contributed by atoms with van der Waals surface area (Å²) in [5.74, 6) is -2.08. The third kappa shape index (κ3) is 2.79. The maximum atomic E-state index is 13.6. The smallest absolute Gasteiger partial charge is 0.420 e. The van der Waals surface area contributed by atoms with E-state index >= 15 is 0 Å². The molecule has 0 aliphatic rings. The summed E-state index contributed by atoms with van der Waals surface area (Å²) in [6.45, 7) is 1.34. The summed E-state index contributed by atoms with van der Waals surface area (Å²) >= 11 is 0. The first-order chi connectivity index (χ1) is 9.29. The minimum atomic E-state index is -4.68. The van der Waals surface area contributed by atoms with E-state index in [4.69, 9.17) is 10.5 Å². The topological polar surface area (TPSA) is 61.0 Å². The molecule has 2 aromatic rings. The Morgan fingerprint density at radius 2 is 1.90 bits per heavy atom. The van der Waals surface area contributed by atoms with Gasteiger partial charge in [-0.3, -0.25) is 0 Å². The first-order valence-electron chi connectivity index (χ1n) is 5.40. The van der Waals surface area contributed by atoms with E-state index in [1.807, 2.05) is 0 Å². The van der Waals surface area contributed by atoms with Gasteiger partial charge in [0.15, 0.2) is 0 Å². The first-order valence-corrected chi connectivity index (χ1v) is 5.40. The van der Waals surface area contributed by atoms with Gasteiger partial charge in [-0.15, -0.1) is 0 Å². The van der Waals surface area contributed by atoms with Gasteiger partial charge in [-0.25, -0.2) is 4.98 Å². The predicted molar refractivity (Wildman–Crippen MR) is 62.7 cm³/mol. The molecule has 0 amide bonds. The number of aromatic nitrogens is 2. The number of benzene rings is 1. The van der Waals surface area contributed by atoms with E-state index in [0.29, 0.717) is 6.07 Å². The highest BCUT2D eigenvalue weighted by atomic mass is 19.4. The van der Waals surface area contributed by atoms with Crippen LogP contribution in [0.25, 0.3) is 0 Å². The van der Waals surface area contributed by atoms with Crippen molar-refractivity contribution in [1.82, 2.24) is 9.97 Å². The largest absolute Gasteiger partial charge is 0.436 e. The van der Waals surface area contributed by atoms with Crippen LogP contribution < -0.4 is 10.5 Å². The third-order valence-electron chi connectivity index (χ3n) is 2.45. The van der Waals surface area contributed by atoms with E-state index in [1.54, 1.807) is 0 Å². The SMILES string of the molecule is Cc1ncnc(Oc2ccc(N)cc2C(F)(F)F)c1F. The molecule has 0 bridgehead atoms. The molecule has 8 heteroatoms. The van der Waals surface area contributed by atoms with Crippen LogP contribution in [0.3, 0.4) is 0 Å². The third-order valence-corrected chi connectivity index (χ3v) is 2.45. The number of anilines is 1. The summed E-state index contributed by atoms with van der Waals surface area (Å²) in [5, 5.41) is 0. The van der Waals surface area contributed by atoms with Crippen LogP contribution in [0.1, 0.15) is 11.3 Å². The normalized spacial score (nSPS) is 11.4. The number of hydrogen-bond acceptors (Lipinski definition) is 4. The highest BCUT2D eigenvalue weighted by Gasteiger charge is 2.35. The fraction of sp³-hybridized carbons (Fsp3) is 0.167.